The fourth-order valence-corrected chi connectivity index (χ4v) is 2.35. The molecule has 0 atom stereocenters. The largest absolute Gasteiger partial charge is 0.396 e. The van der Waals surface area contributed by atoms with Crippen LogP contribution in [0.2, 0.25) is 0 Å². The highest BCUT2D eigenvalue weighted by Gasteiger charge is 2.42. The summed E-state index contributed by atoms with van der Waals surface area (Å²) in [5.74, 6) is 0. The Bertz CT molecular complexity index is 356. The third kappa shape index (κ3) is 3.30. The third-order valence-corrected chi connectivity index (χ3v) is 3.77. The van der Waals surface area contributed by atoms with Gasteiger partial charge in [0.25, 0.3) is 0 Å². The zero-order valence-corrected chi connectivity index (χ0v) is 10.6. The molecule has 0 spiro atoms. The van der Waals surface area contributed by atoms with Crippen molar-refractivity contribution in [3.8, 4) is 0 Å². The number of hydrogen-bond donors (Lipinski definition) is 1. The molecule has 0 aliphatic heterocycles. The highest BCUT2D eigenvalue weighted by atomic mass is 16.5. The van der Waals surface area contributed by atoms with Gasteiger partial charge in [0, 0.05) is 20.3 Å². The van der Waals surface area contributed by atoms with E-state index in [-0.39, 0.29) is 5.41 Å². The second kappa shape index (κ2) is 5.65. The van der Waals surface area contributed by atoms with Gasteiger partial charge in [-0.25, -0.2) is 0 Å². The maximum absolute atomic E-state index is 9.40. The summed E-state index contributed by atoms with van der Waals surface area (Å²) in [6.45, 7) is 1.15. The van der Waals surface area contributed by atoms with E-state index in [1.165, 1.54) is 24.0 Å². The van der Waals surface area contributed by atoms with Crippen molar-refractivity contribution in [2.24, 2.45) is 5.41 Å². The zero-order chi connectivity index (χ0) is 12.1. The lowest BCUT2D eigenvalue weighted by Gasteiger charge is -2.15. The standard InChI is InChI=1S/C15H22O2/c1-17-10-4-7-13-5-2-3-6-14(13)11-15(12-16)8-9-15/h2-3,5-6,16H,4,7-12H2,1H3. The van der Waals surface area contributed by atoms with E-state index in [2.05, 4.69) is 24.3 Å². The number of aliphatic hydroxyl groups is 1. The summed E-state index contributed by atoms with van der Waals surface area (Å²) in [6.07, 6.45) is 5.53. The molecule has 17 heavy (non-hydrogen) atoms. The molecule has 2 heteroatoms. The maximum atomic E-state index is 9.40. The summed E-state index contributed by atoms with van der Waals surface area (Å²) in [5.41, 5.74) is 3.04. The molecule has 0 radical (unpaired) electrons. The third-order valence-electron chi connectivity index (χ3n) is 3.77. The van der Waals surface area contributed by atoms with Crippen LogP contribution in [0.4, 0.5) is 0 Å². The van der Waals surface area contributed by atoms with E-state index in [1.54, 1.807) is 7.11 Å². The van der Waals surface area contributed by atoms with Crippen molar-refractivity contribution < 1.29 is 9.84 Å². The Morgan fingerprint density at radius 1 is 1.24 bits per heavy atom. The van der Waals surface area contributed by atoms with E-state index < -0.39 is 0 Å². The van der Waals surface area contributed by atoms with Gasteiger partial charge < -0.3 is 9.84 Å². The monoisotopic (exact) mass is 234 g/mol. The summed E-state index contributed by atoms with van der Waals surface area (Å²) in [4.78, 5) is 0. The first-order chi connectivity index (χ1) is 8.29. The number of methoxy groups -OCH3 is 1. The second-order valence-corrected chi connectivity index (χ2v) is 5.20. The minimum Gasteiger partial charge on any atom is -0.396 e. The topological polar surface area (TPSA) is 29.5 Å². The minimum absolute atomic E-state index is 0.206. The van der Waals surface area contributed by atoms with Crippen molar-refractivity contribution in [2.75, 3.05) is 20.3 Å². The Hall–Kier alpha value is -0.860. The summed E-state index contributed by atoms with van der Waals surface area (Å²) < 4.78 is 5.10. The van der Waals surface area contributed by atoms with Crippen molar-refractivity contribution in [3.05, 3.63) is 35.4 Å². The molecule has 1 fully saturated rings. The number of rotatable bonds is 7. The molecular weight excluding hydrogens is 212 g/mol. The fraction of sp³-hybridized carbons (Fsp3) is 0.600. The van der Waals surface area contributed by atoms with Gasteiger partial charge in [0.2, 0.25) is 0 Å². The van der Waals surface area contributed by atoms with Gasteiger partial charge >= 0.3 is 0 Å². The van der Waals surface area contributed by atoms with Crippen molar-refractivity contribution in [1.82, 2.24) is 0 Å². The smallest absolute Gasteiger partial charge is 0.0490 e. The average Bonchev–Trinajstić information content (AvgIpc) is 3.12. The predicted molar refractivity (Wildman–Crippen MR) is 69.1 cm³/mol. The van der Waals surface area contributed by atoms with Crippen LogP contribution in [-0.4, -0.2) is 25.4 Å². The van der Waals surface area contributed by atoms with Gasteiger partial charge in [-0.05, 0) is 48.6 Å². The second-order valence-electron chi connectivity index (χ2n) is 5.20. The molecule has 1 aromatic rings. The Labute approximate surface area is 104 Å². The molecule has 94 valence electrons. The van der Waals surface area contributed by atoms with Crippen LogP contribution in [0.3, 0.4) is 0 Å². The first kappa shape index (κ1) is 12.6. The first-order valence-corrected chi connectivity index (χ1v) is 6.46. The number of benzene rings is 1. The zero-order valence-electron chi connectivity index (χ0n) is 10.6. The number of aryl methyl sites for hydroxylation is 1. The van der Waals surface area contributed by atoms with Gasteiger partial charge in [0.1, 0.15) is 0 Å². The maximum Gasteiger partial charge on any atom is 0.0490 e. The van der Waals surface area contributed by atoms with Crippen molar-refractivity contribution >= 4 is 0 Å². The molecule has 0 amide bonds. The molecule has 2 nitrogen and oxygen atoms in total. The van der Waals surface area contributed by atoms with Crippen LogP contribution in [-0.2, 0) is 17.6 Å². The van der Waals surface area contributed by atoms with Crippen LogP contribution < -0.4 is 0 Å². The molecule has 0 saturated heterocycles. The molecular formula is C15H22O2. The summed E-state index contributed by atoms with van der Waals surface area (Å²) >= 11 is 0. The van der Waals surface area contributed by atoms with Crippen LogP contribution in [0.25, 0.3) is 0 Å². The Balaban J connectivity index is 2.00. The quantitative estimate of drug-likeness (QED) is 0.735. The van der Waals surface area contributed by atoms with E-state index in [0.717, 1.165) is 25.9 Å². The minimum atomic E-state index is 0.206. The summed E-state index contributed by atoms with van der Waals surface area (Å²) in [7, 11) is 1.75. The van der Waals surface area contributed by atoms with E-state index in [0.29, 0.717) is 6.61 Å². The van der Waals surface area contributed by atoms with Gasteiger partial charge in [0.15, 0.2) is 0 Å². The number of hydrogen-bond acceptors (Lipinski definition) is 2. The molecule has 1 aromatic carbocycles. The molecule has 2 rings (SSSR count). The van der Waals surface area contributed by atoms with Crippen LogP contribution in [0.15, 0.2) is 24.3 Å². The van der Waals surface area contributed by atoms with E-state index >= 15 is 0 Å². The predicted octanol–water partition coefficient (Wildman–Crippen LogP) is 2.58. The lowest BCUT2D eigenvalue weighted by atomic mass is 9.92. The summed E-state index contributed by atoms with van der Waals surface area (Å²) in [6, 6.07) is 8.61. The van der Waals surface area contributed by atoms with E-state index in [9.17, 15) is 5.11 Å². The lowest BCUT2D eigenvalue weighted by molar-refractivity contribution is 0.195. The number of aliphatic hydroxyl groups excluding tert-OH is 1. The molecule has 0 aromatic heterocycles. The van der Waals surface area contributed by atoms with E-state index in [4.69, 9.17) is 4.74 Å². The highest BCUT2D eigenvalue weighted by Crippen LogP contribution is 2.48. The Morgan fingerprint density at radius 3 is 2.53 bits per heavy atom. The lowest BCUT2D eigenvalue weighted by Crippen LogP contribution is -2.11. The highest BCUT2D eigenvalue weighted by molar-refractivity contribution is 5.29. The van der Waals surface area contributed by atoms with Crippen LogP contribution in [0.1, 0.15) is 30.4 Å². The molecule has 0 bridgehead atoms. The molecule has 1 N–H and O–H groups in total. The molecule has 0 unspecified atom stereocenters. The van der Waals surface area contributed by atoms with Gasteiger partial charge in [-0.3, -0.25) is 0 Å². The van der Waals surface area contributed by atoms with Gasteiger partial charge in [0.05, 0.1) is 0 Å². The van der Waals surface area contributed by atoms with Crippen molar-refractivity contribution in [1.29, 1.82) is 0 Å². The van der Waals surface area contributed by atoms with Crippen LogP contribution >= 0.6 is 0 Å². The molecule has 1 aliphatic rings. The SMILES string of the molecule is COCCCc1ccccc1CC1(CO)CC1. The number of ether oxygens (including phenoxy) is 1. The Kier molecular flexibility index (Phi) is 4.19. The van der Waals surface area contributed by atoms with Crippen molar-refractivity contribution in [2.45, 2.75) is 32.1 Å². The normalized spacial score (nSPS) is 17.1. The summed E-state index contributed by atoms with van der Waals surface area (Å²) in [5, 5.41) is 9.40. The van der Waals surface area contributed by atoms with Crippen molar-refractivity contribution in [3.63, 3.8) is 0 Å². The Morgan fingerprint density at radius 2 is 1.94 bits per heavy atom. The molecule has 0 heterocycles. The molecule has 1 aliphatic carbocycles. The first-order valence-electron chi connectivity index (χ1n) is 6.46. The fourth-order valence-electron chi connectivity index (χ4n) is 2.35. The van der Waals surface area contributed by atoms with Gasteiger partial charge in [-0.1, -0.05) is 24.3 Å². The van der Waals surface area contributed by atoms with Crippen LogP contribution in [0.5, 0.6) is 0 Å². The van der Waals surface area contributed by atoms with Gasteiger partial charge in [-0.2, -0.15) is 0 Å². The van der Waals surface area contributed by atoms with Crippen LogP contribution in [0, 0.1) is 5.41 Å². The molecule has 1 saturated carbocycles. The average molecular weight is 234 g/mol. The van der Waals surface area contributed by atoms with Gasteiger partial charge in [-0.15, -0.1) is 0 Å². The van der Waals surface area contributed by atoms with E-state index in [1.807, 2.05) is 0 Å².